The van der Waals surface area contributed by atoms with Crippen LogP contribution in [0.1, 0.15) is 5.69 Å². The molecular formula is C29H24Cl2N6O3. The van der Waals surface area contributed by atoms with Crippen LogP contribution in [-0.2, 0) is 7.05 Å². The number of aromatic nitrogens is 5. The van der Waals surface area contributed by atoms with E-state index in [0.29, 0.717) is 49.9 Å². The van der Waals surface area contributed by atoms with Crippen LogP contribution in [0.5, 0.6) is 17.2 Å². The maximum absolute atomic E-state index is 6.83. The summed E-state index contributed by atoms with van der Waals surface area (Å²) in [4.78, 5) is 15.6. The number of rotatable bonds is 7. The van der Waals surface area contributed by atoms with E-state index in [-0.39, 0.29) is 6.54 Å². The van der Waals surface area contributed by atoms with Crippen molar-refractivity contribution in [1.82, 2.24) is 24.7 Å². The van der Waals surface area contributed by atoms with Crippen LogP contribution < -0.4 is 19.1 Å². The number of fused-ring (bicyclic) bond motifs is 1. The monoisotopic (exact) mass is 574 g/mol. The molecule has 0 aliphatic heterocycles. The molecule has 0 amide bonds. The SMILES string of the molecule is COc1cccnc1C#CCN(c1ccc2ncc(-c3cnn(C)c3)nc2c1)c1c(Cl)c(OC)cc(OC)c1Cl. The Morgan fingerprint density at radius 1 is 0.900 bits per heavy atom. The summed E-state index contributed by atoms with van der Waals surface area (Å²) < 4.78 is 18.2. The first-order valence-corrected chi connectivity index (χ1v) is 12.8. The molecule has 3 aromatic heterocycles. The predicted molar refractivity (Wildman–Crippen MR) is 156 cm³/mol. The number of halogens is 2. The number of aryl methyl sites for hydroxylation is 1. The fourth-order valence-electron chi connectivity index (χ4n) is 4.12. The van der Waals surface area contributed by atoms with Crippen LogP contribution in [-0.4, -0.2) is 52.6 Å². The summed E-state index contributed by atoms with van der Waals surface area (Å²) in [5, 5.41) is 4.85. The maximum Gasteiger partial charge on any atom is 0.155 e. The van der Waals surface area contributed by atoms with Crippen LogP contribution >= 0.6 is 23.2 Å². The van der Waals surface area contributed by atoms with Crippen LogP contribution in [0.3, 0.4) is 0 Å². The number of nitrogens with zero attached hydrogens (tertiary/aromatic N) is 6. The second kappa shape index (κ2) is 11.7. The molecule has 5 aromatic rings. The Kier molecular flexibility index (Phi) is 7.91. The van der Waals surface area contributed by atoms with Crippen molar-refractivity contribution in [3.8, 4) is 40.3 Å². The minimum atomic E-state index is 0.191. The van der Waals surface area contributed by atoms with E-state index in [1.165, 1.54) is 14.2 Å². The van der Waals surface area contributed by atoms with E-state index in [4.69, 9.17) is 42.4 Å². The third-order valence-electron chi connectivity index (χ3n) is 6.09. The van der Waals surface area contributed by atoms with Crippen molar-refractivity contribution in [3.05, 3.63) is 76.9 Å². The molecule has 9 nitrogen and oxygen atoms in total. The van der Waals surface area contributed by atoms with Crippen LogP contribution in [0, 0.1) is 11.8 Å². The van der Waals surface area contributed by atoms with Gasteiger partial charge in [-0.3, -0.25) is 9.67 Å². The van der Waals surface area contributed by atoms with Crippen LogP contribution in [0.2, 0.25) is 10.0 Å². The molecule has 0 saturated heterocycles. The van der Waals surface area contributed by atoms with Gasteiger partial charge in [-0.15, -0.1) is 0 Å². The van der Waals surface area contributed by atoms with Crippen LogP contribution in [0.25, 0.3) is 22.3 Å². The maximum atomic E-state index is 6.83. The number of ether oxygens (including phenoxy) is 3. The van der Waals surface area contributed by atoms with Crippen molar-refractivity contribution in [2.75, 3.05) is 32.8 Å². The fourth-order valence-corrected chi connectivity index (χ4v) is 4.83. The number of anilines is 2. The molecule has 0 N–H and O–H groups in total. The van der Waals surface area contributed by atoms with Crippen LogP contribution in [0.4, 0.5) is 11.4 Å². The molecule has 0 bridgehead atoms. The van der Waals surface area contributed by atoms with E-state index in [9.17, 15) is 0 Å². The molecule has 0 spiro atoms. The van der Waals surface area contributed by atoms with Gasteiger partial charge in [0.25, 0.3) is 0 Å². The molecule has 5 rings (SSSR count). The van der Waals surface area contributed by atoms with Crippen molar-refractivity contribution >= 4 is 45.6 Å². The Labute approximate surface area is 241 Å². The summed E-state index contributed by atoms with van der Waals surface area (Å²) in [6.45, 7) is 0.191. The van der Waals surface area contributed by atoms with Crippen molar-refractivity contribution < 1.29 is 14.2 Å². The zero-order chi connectivity index (χ0) is 28.2. The summed E-state index contributed by atoms with van der Waals surface area (Å²) in [5.41, 5.74) is 4.66. The Balaban J connectivity index is 1.65. The van der Waals surface area contributed by atoms with Gasteiger partial charge in [0.15, 0.2) is 11.4 Å². The topological polar surface area (TPSA) is 87.4 Å². The molecule has 0 fully saturated rings. The Hall–Kier alpha value is -4.52. The molecule has 0 aliphatic rings. The summed E-state index contributed by atoms with van der Waals surface area (Å²) in [6.07, 6.45) is 7.01. The number of hydrogen-bond acceptors (Lipinski definition) is 8. The summed E-state index contributed by atoms with van der Waals surface area (Å²) in [7, 11) is 6.49. The molecular weight excluding hydrogens is 551 g/mol. The first-order chi connectivity index (χ1) is 19.4. The fraction of sp³-hybridized carbons (Fsp3) is 0.172. The van der Waals surface area contributed by atoms with E-state index in [1.807, 2.05) is 36.3 Å². The van der Waals surface area contributed by atoms with Gasteiger partial charge in [0, 0.05) is 36.8 Å². The van der Waals surface area contributed by atoms with Gasteiger partial charge in [-0.25, -0.2) is 9.97 Å². The first kappa shape index (κ1) is 27.1. The summed E-state index contributed by atoms with van der Waals surface area (Å²) in [6, 6.07) is 10.9. The standard InChI is InChI=1S/C29H24Cl2N6O3/c1-36-17-18(15-34-36)23-16-33-20-10-9-19(13-22(20)35-23)37(12-6-7-21-24(38-2)8-5-11-32-21)29-27(30)25(39-3)14-26(40-4)28(29)31/h5,8-11,13-17H,12H2,1-4H3. The van der Waals surface area contributed by atoms with Crippen molar-refractivity contribution in [3.63, 3.8) is 0 Å². The van der Waals surface area contributed by atoms with E-state index in [1.54, 1.807) is 48.6 Å². The van der Waals surface area contributed by atoms with Gasteiger partial charge < -0.3 is 19.1 Å². The third-order valence-corrected chi connectivity index (χ3v) is 6.82. The van der Waals surface area contributed by atoms with Crippen molar-refractivity contribution in [1.29, 1.82) is 0 Å². The lowest BCUT2D eigenvalue weighted by molar-refractivity contribution is 0.395. The molecule has 0 saturated carbocycles. The number of methoxy groups -OCH3 is 3. The van der Waals surface area contributed by atoms with Gasteiger partial charge in [-0.2, -0.15) is 5.10 Å². The second-order valence-electron chi connectivity index (χ2n) is 8.53. The highest BCUT2D eigenvalue weighted by Gasteiger charge is 2.23. The lowest BCUT2D eigenvalue weighted by atomic mass is 10.2. The highest BCUT2D eigenvalue weighted by molar-refractivity contribution is 6.41. The zero-order valence-corrected chi connectivity index (χ0v) is 23.7. The Morgan fingerprint density at radius 2 is 1.65 bits per heavy atom. The number of pyridine rings is 1. The van der Waals surface area contributed by atoms with E-state index < -0.39 is 0 Å². The average molecular weight is 575 g/mol. The third kappa shape index (κ3) is 5.32. The van der Waals surface area contributed by atoms with Crippen LogP contribution in [0.15, 0.2) is 61.2 Å². The van der Waals surface area contributed by atoms with E-state index >= 15 is 0 Å². The lowest BCUT2D eigenvalue weighted by Crippen LogP contribution is -2.19. The molecule has 40 heavy (non-hydrogen) atoms. The normalized spacial score (nSPS) is 10.7. The van der Waals surface area contributed by atoms with Gasteiger partial charge in [-0.1, -0.05) is 29.1 Å². The zero-order valence-electron chi connectivity index (χ0n) is 22.1. The summed E-state index contributed by atoms with van der Waals surface area (Å²) in [5.74, 6) is 7.65. The highest BCUT2D eigenvalue weighted by atomic mass is 35.5. The molecule has 0 unspecified atom stereocenters. The molecule has 3 heterocycles. The second-order valence-corrected chi connectivity index (χ2v) is 9.29. The molecule has 0 radical (unpaired) electrons. The first-order valence-electron chi connectivity index (χ1n) is 12.0. The largest absolute Gasteiger partial charge is 0.495 e. The smallest absolute Gasteiger partial charge is 0.155 e. The lowest BCUT2D eigenvalue weighted by Gasteiger charge is -2.27. The van der Waals surface area contributed by atoms with Crippen molar-refractivity contribution in [2.45, 2.75) is 0 Å². The van der Waals surface area contributed by atoms with Gasteiger partial charge in [0.1, 0.15) is 21.5 Å². The minimum absolute atomic E-state index is 0.191. The number of benzene rings is 2. The molecule has 2 aromatic carbocycles. The highest BCUT2D eigenvalue weighted by Crippen LogP contribution is 2.48. The van der Waals surface area contributed by atoms with Gasteiger partial charge >= 0.3 is 0 Å². The Morgan fingerprint density at radius 3 is 2.33 bits per heavy atom. The Bertz CT molecular complexity index is 1730. The number of hydrogen-bond donors (Lipinski definition) is 0. The van der Waals surface area contributed by atoms with Gasteiger partial charge in [0.05, 0.1) is 62.7 Å². The molecule has 0 atom stereocenters. The average Bonchev–Trinajstić information content (AvgIpc) is 3.42. The van der Waals surface area contributed by atoms with Gasteiger partial charge in [-0.05, 0) is 36.3 Å². The van der Waals surface area contributed by atoms with Gasteiger partial charge in [0.2, 0.25) is 0 Å². The predicted octanol–water partition coefficient (Wildman–Crippen LogP) is 5.95. The van der Waals surface area contributed by atoms with Crippen molar-refractivity contribution in [2.24, 2.45) is 7.05 Å². The summed E-state index contributed by atoms with van der Waals surface area (Å²) >= 11 is 13.7. The van der Waals surface area contributed by atoms with E-state index in [0.717, 1.165) is 16.8 Å². The molecule has 0 aliphatic carbocycles. The molecule has 202 valence electrons. The van der Waals surface area contributed by atoms with E-state index in [2.05, 4.69) is 26.9 Å². The molecule has 11 heteroatoms. The quantitative estimate of drug-likeness (QED) is 0.220. The minimum Gasteiger partial charge on any atom is -0.495 e.